The van der Waals surface area contributed by atoms with Crippen LogP contribution in [-0.2, 0) is 32.6 Å². The summed E-state index contributed by atoms with van der Waals surface area (Å²) in [5, 5.41) is 0. The van der Waals surface area contributed by atoms with Crippen LogP contribution in [0.25, 0.3) is 22.2 Å². The first-order valence-corrected chi connectivity index (χ1v) is 16.7. The minimum Gasteiger partial charge on any atom is -0.434 e. The SMILES string of the molecule is Cc1c(-c2ccc3nc(Cc4ccc(S(C)(=O)=O)cc4)n(Cc4ccccc4OC(F)F)c3c2)cccc1S(C)(=O)=O. The molecule has 4 aromatic carbocycles. The van der Waals surface area contributed by atoms with Crippen LogP contribution in [0, 0.1) is 6.92 Å². The Bertz CT molecular complexity index is 2000. The lowest BCUT2D eigenvalue weighted by molar-refractivity contribution is -0.0504. The summed E-state index contributed by atoms with van der Waals surface area (Å²) in [5.74, 6) is 0.674. The Hall–Kier alpha value is -4.09. The molecule has 0 spiro atoms. The molecule has 42 heavy (non-hydrogen) atoms. The van der Waals surface area contributed by atoms with Crippen molar-refractivity contribution in [3.63, 3.8) is 0 Å². The molecule has 5 rings (SSSR count). The fraction of sp³-hybridized carbons (Fsp3) is 0.194. The molecule has 1 aromatic heterocycles. The van der Waals surface area contributed by atoms with E-state index in [1.54, 1.807) is 61.5 Å². The van der Waals surface area contributed by atoms with Gasteiger partial charge in [-0.3, -0.25) is 0 Å². The Morgan fingerprint density at radius 3 is 2.24 bits per heavy atom. The largest absolute Gasteiger partial charge is 0.434 e. The van der Waals surface area contributed by atoms with Gasteiger partial charge in [0.05, 0.1) is 27.4 Å². The summed E-state index contributed by atoms with van der Waals surface area (Å²) < 4.78 is 81.6. The zero-order valence-corrected chi connectivity index (χ0v) is 24.7. The van der Waals surface area contributed by atoms with E-state index < -0.39 is 26.3 Å². The summed E-state index contributed by atoms with van der Waals surface area (Å²) in [5.41, 5.74) is 4.84. The molecular weight excluding hydrogens is 582 g/mol. The summed E-state index contributed by atoms with van der Waals surface area (Å²) in [4.78, 5) is 5.28. The van der Waals surface area contributed by atoms with Crippen LogP contribution in [0.1, 0.15) is 22.5 Å². The third-order valence-electron chi connectivity index (χ3n) is 7.05. The maximum Gasteiger partial charge on any atom is 0.387 e. The first-order chi connectivity index (χ1) is 19.8. The monoisotopic (exact) mass is 610 g/mol. The molecule has 7 nitrogen and oxygen atoms in total. The van der Waals surface area contributed by atoms with E-state index in [-0.39, 0.29) is 22.1 Å². The number of ether oxygens (including phenoxy) is 1. The molecule has 0 amide bonds. The first-order valence-electron chi connectivity index (χ1n) is 12.9. The van der Waals surface area contributed by atoms with E-state index in [0.29, 0.717) is 34.4 Å². The zero-order valence-electron chi connectivity index (χ0n) is 23.1. The van der Waals surface area contributed by atoms with Crippen LogP contribution < -0.4 is 4.74 Å². The number of benzene rings is 4. The van der Waals surface area contributed by atoms with E-state index in [9.17, 15) is 25.6 Å². The van der Waals surface area contributed by atoms with Crippen LogP contribution in [-0.4, -0.2) is 45.5 Å². The fourth-order valence-corrected chi connectivity index (χ4v) is 6.66. The van der Waals surface area contributed by atoms with Gasteiger partial charge in [-0.2, -0.15) is 8.78 Å². The standard InChI is InChI=1S/C31H28F2N2O5S2/c1-20-25(8-6-10-29(20)42(3,38)39)22-13-16-26-27(18-22)35(19-23-7-4-5-9-28(23)40-31(32)33)30(34-26)17-21-11-14-24(15-12-21)41(2,36)37/h4-16,18,31H,17,19H2,1-3H3. The highest BCUT2D eigenvalue weighted by molar-refractivity contribution is 7.91. The van der Waals surface area contributed by atoms with Gasteiger partial charge in [-0.15, -0.1) is 0 Å². The highest BCUT2D eigenvalue weighted by Crippen LogP contribution is 2.32. The molecule has 1 heterocycles. The maximum atomic E-state index is 13.2. The van der Waals surface area contributed by atoms with Gasteiger partial charge in [0.1, 0.15) is 11.6 Å². The van der Waals surface area contributed by atoms with Gasteiger partial charge in [-0.05, 0) is 65.6 Å². The van der Waals surface area contributed by atoms with Crippen LogP contribution in [0.4, 0.5) is 8.78 Å². The fourth-order valence-electron chi connectivity index (χ4n) is 5.03. The molecule has 0 aliphatic rings. The van der Waals surface area contributed by atoms with Crippen molar-refractivity contribution in [2.45, 2.75) is 36.3 Å². The Morgan fingerprint density at radius 2 is 1.57 bits per heavy atom. The highest BCUT2D eigenvalue weighted by Gasteiger charge is 2.19. The molecule has 0 unspecified atom stereocenters. The quantitative estimate of drug-likeness (QED) is 0.201. The smallest absolute Gasteiger partial charge is 0.387 e. The van der Waals surface area contributed by atoms with Crippen LogP contribution in [0.3, 0.4) is 0 Å². The van der Waals surface area contributed by atoms with E-state index >= 15 is 0 Å². The van der Waals surface area contributed by atoms with E-state index in [1.807, 2.05) is 28.8 Å². The van der Waals surface area contributed by atoms with Crippen molar-refractivity contribution < 1.29 is 30.4 Å². The van der Waals surface area contributed by atoms with Crippen molar-refractivity contribution in [1.82, 2.24) is 9.55 Å². The second kappa shape index (κ2) is 11.3. The molecule has 0 bridgehead atoms. The van der Waals surface area contributed by atoms with Gasteiger partial charge >= 0.3 is 6.61 Å². The van der Waals surface area contributed by atoms with Crippen LogP contribution >= 0.6 is 0 Å². The molecule has 218 valence electrons. The lowest BCUT2D eigenvalue weighted by Gasteiger charge is -2.15. The minimum atomic E-state index is -3.44. The number of alkyl halides is 2. The predicted molar refractivity (Wildman–Crippen MR) is 158 cm³/mol. The summed E-state index contributed by atoms with van der Waals surface area (Å²) >= 11 is 0. The molecule has 5 aromatic rings. The molecule has 0 saturated heterocycles. The van der Waals surface area contributed by atoms with Crippen molar-refractivity contribution in [3.8, 4) is 16.9 Å². The maximum absolute atomic E-state index is 13.2. The second-order valence-electron chi connectivity index (χ2n) is 10.1. The summed E-state index contributed by atoms with van der Waals surface area (Å²) in [6.07, 6.45) is 2.66. The predicted octanol–water partition coefficient (Wildman–Crippen LogP) is 6.06. The molecule has 11 heteroatoms. The Morgan fingerprint density at radius 1 is 0.857 bits per heavy atom. The normalized spacial score (nSPS) is 12.2. The lowest BCUT2D eigenvalue weighted by atomic mass is 10.00. The molecule has 0 N–H and O–H groups in total. The van der Waals surface area contributed by atoms with Crippen LogP contribution in [0.15, 0.2) is 94.7 Å². The zero-order chi connectivity index (χ0) is 30.2. The van der Waals surface area contributed by atoms with Crippen molar-refractivity contribution in [2.75, 3.05) is 12.5 Å². The number of nitrogens with zero attached hydrogens (tertiary/aromatic N) is 2. The molecular formula is C31H28F2N2O5S2. The number of halogens is 2. The highest BCUT2D eigenvalue weighted by atomic mass is 32.2. The average molecular weight is 611 g/mol. The lowest BCUT2D eigenvalue weighted by Crippen LogP contribution is -2.10. The van der Waals surface area contributed by atoms with Crippen molar-refractivity contribution in [3.05, 3.63) is 107 Å². The number of sulfone groups is 2. The van der Waals surface area contributed by atoms with Gasteiger partial charge < -0.3 is 9.30 Å². The third kappa shape index (κ3) is 6.22. The van der Waals surface area contributed by atoms with Crippen LogP contribution in [0.2, 0.25) is 0 Å². The van der Waals surface area contributed by atoms with Gasteiger partial charge in [-0.25, -0.2) is 21.8 Å². The molecule has 0 radical (unpaired) electrons. The van der Waals surface area contributed by atoms with E-state index in [1.165, 1.54) is 12.3 Å². The third-order valence-corrected chi connectivity index (χ3v) is 9.42. The molecule has 0 atom stereocenters. The van der Waals surface area contributed by atoms with Crippen LogP contribution in [0.5, 0.6) is 5.75 Å². The van der Waals surface area contributed by atoms with Crippen molar-refractivity contribution in [1.29, 1.82) is 0 Å². The summed E-state index contributed by atoms with van der Waals surface area (Å²) in [6, 6.07) is 23.8. The minimum absolute atomic E-state index is 0.0469. The van der Waals surface area contributed by atoms with E-state index in [4.69, 9.17) is 9.72 Å². The van der Waals surface area contributed by atoms with Gasteiger partial charge in [0.25, 0.3) is 0 Å². The number of fused-ring (bicyclic) bond motifs is 1. The van der Waals surface area contributed by atoms with Gasteiger partial charge in [-0.1, -0.05) is 48.5 Å². The number of rotatable bonds is 9. The Balaban J connectivity index is 1.65. The Labute approximate surface area is 243 Å². The topological polar surface area (TPSA) is 95.3 Å². The van der Waals surface area contributed by atoms with Gasteiger partial charge in [0, 0.05) is 24.5 Å². The Kier molecular flexibility index (Phi) is 7.91. The number of hydrogen-bond donors (Lipinski definition) is 0. The number of hydrogen-bond acceptors (Lipinski definition) is 6. The van der Waals surface area contributed by atoms with Crippen molar-refractivity contribution in [2.24, 2.45) is 0 Å². The molecule has 0 aliphatic carbocycles. The molecule has 0 aliphatic heterocycles. The number of aromatic nitrogens is 2. The summed E-state index contributed by atoms with van der Waals surface area (Å²) in [6.45, 7) is -1.06. The van der Waals surface area contributed by atoms with Gasteiger partial charge in [0.2, 0.25) is 0 Å². The van der Waals surface area contributed by atoms with E-state index in [2.05, 4.69) is 0 Å². The molecule has 0 fully saturated rings. The molecule has 0 saturated carbocycles. The number of imidazole rings is 1. The first kappa shape index (κ1) is 29.4. The van der Waals surface area contributed by atoms with Crippen molar-refractivity contribution >= 4 is 30.7 Å². The van der Waals surface area contributed by atoms with Gasteiger partial charge in [0.15, 0.2) is 19.7 Å². The average Bonchev–Trinajstić information content (AvgIpc) is 3.24. The summed E-state index contributed by atoms with van der Waals surface area (Å²) in [7, 11) is -6.80. The second-order valence-corrected chi connectivity index (χ2v) is 14.1. The van der Waals surface area contributed by atoms with E-state index in [0.717, 1.165) is 22.9 Å². The number of para-hydroxylation sites is 1.